The molecule has 1 saturated heterocycles. The van der Waals surface area contributed by atoms with Gasteiger partial charge in [-0.15, -0.1) is 0 Å². The van der Waals surface area contributed by atoms with Crippen LogP contribution in [0.5, 0.6) is 0 Å². The fraction of sp³-hybridized carbons (Fsp3) is 0.500. The molecule has 0 spiro atoms. The van der Waals surface area contributed by atoms with Crippen molar-refractivity contribution in [2.24, 2.45) is 5.92 Å². The molecule has 1 aromatic rings. The van der Waals surface area contributed by atoms with Crippen LogP contribution < -0.4 is 0 Å². The molecular formula is C12H16O2. The van der Waals surface area contributed by atoms with E-state index in [2.05, 4.69) is 19.1 Å². The lowest BCUT2D eigenvalue weighted by Gasteiger charge is -2.28. The highest BCUT2D eigenvalue weighted by Gasteiger charge is 2.42. The number of hydrogen-bond donors (Lipinski definition) is 1. The molecule has 1 aromatic carbocycles. The Morgan fingerprint density at radius 1 is 1.36 bits per heavy atom. The highest BCUT2D eigenvalue weighted by molar-refractivity contribution is 5.23. The van der Waals surface area contributed by atoms with Gasteiger partial charge in [0.05, 0.1) is 5.60 Å². The minimum Gasteiger partial charge on any atom is -0.368 e. The van der Waals surface area contributed by atoms with E-state index in [1.165, 1.54) is 0 Å². The molecule has 0 radical (unpaired) electrons. The average Bonchev–Trinajstić information content (AvgIpc) is 2.43. The molecule has 0 aromatic heterocycles. The van der Waals surface area contributed by atoms with Crippen molar-refractivity contribution in [1.29, 1.82) is 0 Å². The Morgan fingerprint density at radius 3 is 2.50 bits per heavy atom. The van der Waals surface area contributed by atoms with Crippen molar-refractivity contribution in [1.82, 2.24) is 0 Å². The molecule has 1 unspecified atom stereocenters. The predicted molar refractivity (Wildman–Crippen MR) is 54.7 cm³/mol. The minimum atomic E-state index is -0.616. The first-order chi connectivity index (χ1) is 6.63. The summed E-state index contributed by atoms with van der Waals surface area (Å²) in [5.41, 5.74) is 0.810. The molecule has 76 valence electrons. The molecule has 1 N–H and O–H groups in total. The maximum absolute atomic E-state index is 9.47. The summed E-state index contributed by atoms with van der Waals surface area (Å²) in [6, 6.07) is 10.1. The quantitative estimate of drug-likeness (QED) is 0.739. The van der Waals surface area contributed by atoms with E-state index in [0.29, 0.717) is 12.3 Å². The van der Waals surface area contributed by atoms with Crippen molar-refractivity contribution in [3.8, 4) is 0 Å². The highest BCUT2D eigenvalue weighted by atomic mass is 16.6. The third kappa shape index (κ3) is 1.45. The van der Waals surface area contributed by atoms with Crippen molar-refractivity contribution >= 4 is 0 Å². The van der Waals surface area contributed by atoms with Crippen LogP contribution in [0.4, 0.5) is 0 Å². The van der Waals surface area contributed by atoms with Crippen molar-refractivity contribution in [2.75, 3.05) is 0 Å². The molecule has 2 heteroatoms. The van der Waals surface area contributed by atoms with E-state index in [-0.39, 0.29) is 5.60 Å². The lowest BCUT2D eigenvalue weighted by atomic mass is 9.84. The van der Waals surface area contributed by atoms with Gasteiger partial charge < -0.3 is 9.84 Å². The first-order valence-electron chi connectivity index (χ1n) is 5.04. The Balaban J connectivity index is 2.33. The van der Waals surface area contributed by atoms with Crippen LogP contribution in [0, 0.1) is 5.92 Å². The van der Waals surface area contributed by atoms with Gasteiger partial charge in [-0.1, -0.05) is 37.3 Å². The Morgan fingerprint density at radius 2 is 2.00 bits per heavy atom. The van der Waals surface area contributed by atoms with Crippen molar-refractivity contribution < 1.29 is 9.84 Å². The van der Waals surface area contributed by atoms with Gasteiger partial charge >= 0.3 is 0 Å². The normalized spacial score (nSPS) is 37.4. The summed E-state index contributed by atoms with van der Waals surface area (Å²) in [6.07, 6.45) is 0.0981. The fourth-order valence-electron chi connectivity index (χ4n) is 2.10. The number of ether oxygens (including phenoxy) is 1. The second kappa shape index (κ2) is 3.37. The zero-order valence-electron chi connectivity index (χ0n) is 8.60. The second-order valence-corrected chi connectivity index (χ2v) is 4.18. The first-order valence-corrected chi connectivity index (χ1v) is 5.04. The van der Waals surface area contributed by atoms with E-state index >= 15 is 0 Å². The lowest BCUT2D eigenvalue weighted by Crippen LogP contribution is -2.27. The molecule has 0 saturated carbocycles. The van der Waals surface area contributed by atoms with E-state index in [0.717, 1.165) is 5.56 Å². The van der Waals surface area contributed by atoms with Gasteiger partial charge in [0.25, 0.3) is 0 Å². The molecule has 2 rings (SSSR count). The SMILES string of the molecule is C[C@H]1CC(O)O[C@@]1(C)c1ccccc1. The summed E-state index contributed by atoms with van der Waals surface area (Å²) in [4.78, 5) is 0. The Hall–Kier alpha value is -0.860. The maximum Gasteiger partial charge on any atom is 0.156 e. The van der Waals surface area contributed by atoms with Crippen LogP contribution in [0.25, 0.3) is 0 Å². The zero-order chi connectivity index (χ0) is 10.2. The van der Waals surface area contributed by atoms with Crippen LogP contribution in [0.2, 0.25) is 0 Å². The molecule has 3 atom stereocenters. The van der Waals surface area contributed by atoms with Gasteiger partial charge in [0.1, 0.15) is 0 Å². The van der Waals surface area contributed by atoms with Gasteiger partial charge in [-0.25, -0.2) is 0 Å². The molecule has 0 bridgehead atoms. The maximum atomic E-state index is 9.47. The van der Waals surface area contributed by atoms with Crippen LogP contribution in [0.15, 0.2) is 30.3 Å². The third-order valence-corrected chi connectivity index (χ3v) is 3.22. The molecular weight excluding hydrogens is 176 g/mol. The summed E-state index contributed by atoms with van der Waals surface area (Å²) in [7, 11) is 0. The van der Waals surface area contributed by atoms with Crippen LogP contribution >= 0.6 is 0 Å². The summed E-state index contributed by atoms with van der Waals surface area (Å²) in [5.74, 6) is 0.347. The van der Waals surface area contributed by atoms with Gasteiger partial charge in [0.15, 0.2) is 6.29 Å². The van der Waals surface area contributed by atoms with Gasteiger partial charge in [0.2, 0.25) is 0 Å². The summed E-state index contributed by atoms with van der Waals surface area (Å²) >= 11 is 0. The first kappa shape index (κ1) is 9.69. The largest absolute Gasteiger partial charge is 0.368 e. The monoisotopic (exact) mass is 192 g/mol. The number of benzene rings is 1. The molecule has 0 aliphatic carbocycles. The van der Waals surface area contributed by atoms with E-state index < -0.39 is 6.29 Å². The predicted octanol–water partition coefficient (Wildman–Crippen LogP) is 2.28. The van der Waals surface area contributed by atoms with E-state index in [1.807, 2.05) is 25.1 Å². The van der Waals surface area contributed by atoms with Crippen molar-refractivity contribution in [3.63, 3.8) is 0 Å². The van der Waals surface area contributed by atoms with Crippen LogP contribution in [-0.4, -0.2) is 11.4 Å². The lowest BCUT2D eigenvalue weighted by molar-refractivity contribution is -0.138. The number of rotatable bonds is 1. The third-order valence-electron chi connectivity index (χ3n) is 3.22. The topological polar surface area (TPSA) is 29.5 Å². The average molecular weight is 192 g/mol. The van der Waals surface area contributed by atoms with Gasteiger partial charge in [-0.05, 0) is 18.4 Å². The number of aliphatic hydroxyl groups excluding tert-OH is 1. The van der Waals surface area contributed by atoms with Crippen LogP contribution in [-0.2, 0) is 10.3 Å². The van der Waals surface area contributed by atoms with Crippen LogP contribution in [0.1, 0.15) is 25.8 Å². The van der Waals surface area contributed by atoms with Crippen molar-refractivity contribution in [2.45, 2.75) is 32.2 Å². The molecule has 2 nitrogen and oxygen atoms in total. The molecule has 1 heterocycles. The van der Waals surface area contributed by atoms with Crippen molar-refractivity contribution in [3.05, 3.63) is 35.9 Å². The molecule has 0 amide bonds. The Kier molecular flexibility index (Phi) is 2.33. The number of hydrogen-bond acceptors (Lipinski definition) is 2. The smallest absolute Gasteiger partial charge is 0.156 e. The summed E-state index contributed by atoms with van der Waals surface area (Å²) in [6.45, 7) is 4.16. The zero-order valence-corrected chi connectivity index (χ0v) is 8.60. The molecule has 1 aliphatic rings. The Labute approximate surface area is 84.5 Å². The molecule has 1 fully saturated rings. The number of aliphatic hydroxyl groups is 1. The van der Waals surface area contributed by atoms with E-state index in [4.69, 9.17) is 4.74 Å². The van der Waals surface area contributed by atoms with Crippen LogP contribution in [0.3, 0.4) is 0 Å². The van der Waals surface area contributed by atoms with E-state index in [1.54, 1.807) is 0 Å². The van der Waals surface area contributed by atoms with Gasteiger partial charge in [0, 0.05) is 6.42 Å². The van der Waals surface area contributed by atoms with Gasteiger partial charge in [-0.3, -0.25) is 0 Å². The fourth-order valence-corrected chi connectivity index (χ4v) is 2.10. The van der Waals surface area contributed by atoms with E-state index in [9.17, 15) is 5.11 Å². The molecule has 14 heavy (non-hydrogen) atoms. The van der Waals surface area contributed by atoms with Gasteiger partial charge in [-0.2, -0.15) is 0 Å². The highest BCUT2D eigenvalue weighted by Crippen LogP contribution is 2.42. The standard InChI is InChI=1S/C12H16O2/c1-9-8-11(13)14-12(9,2)10-6-4-3-5-7-10/h3-7,9,11,13H,8H2,1-2H3/t9-,11?,12+/m0/s1. The molecule has 1 aliphatic heterocycles. The second-order valence-electron chi connectivity index (χ2n) is 4.18. The minimum absolute atomic E-state index is 0.333. The Bertz CT molecular complexity index is 309. The summed E-state index contributed by atoms with van der Waals surface area (Å²) in [5, 5.41) is 9.47. The summed E-state index contributed by atoms with van der Waals surface area (Å²) < 4.78 is 5.60.